The molecule has 0 saturated heterocycles. The average Bonchev–Trinajstić information content (AvgIpc) is 2.38. The van der Waals surface area contributed by atoms with Gasteiger partial charge in [-0.25, -0.2) is 0 Å². The predicted octanol–water partition coefficient (Wildman–Crippen LogP) is 1.43. The fourth-order valence-electron chi connectivity index (χ4n) is 1.35. The molecule has 1 aromatic carbocycles. The highest BCUT2D eigenvalue weighted by molar-refractivity contribution is 5.94. The van der Waals surface area contributed by atoms with Crippen LogP contribution in [-0.4, -0.2) is 33.2 Å². The normalized spacial score (nSPS) is 9.76. The molecule has 0 atom stereocenters. The van der Waals surface area contributed by atoms with Crippen LogP contribution < -0.4 is 15.0 Å². The van der Waals surface area contributed by atoms with Gasteiger partial charge in [-0.15, -0.1) is 6.58 Å². The lowest BCUT2D eigenvalue weighted by Crippen LogP contribution is -2.35. The minimum Gasteiger partial charge on any atom is -0.497 e. The van der Waals surface area contributed by atoms with Crippen LogP contribution in [0.15, 0.2) is 36.9 Å². The molecule has 4 heteroatoms. The van der Waals surface area contributed by atoms with Crippen molar-refractivity contribution in [2.24, 2.45) is 0 Å². The molecule has 0 bridgehead atoms. The molecule has 0 aliphatic carbocycles. The highest BCUT2D eigenvalue weighted by atomic mass is 16.5. The Morgan fingerprint density at radius 1 is 1.47 bits per heavy atom. The van der Waals surface area contributed by atoms with Gasteiger partial charge in [0.1, 0.15) is 5.75 Å². The van der Waals surface area contributed by atoms with Crippen LogP contribution in [0.25, 0.3) is 0 Å². The van der Waals surface area contributed by atoms with Crippen LogP contribution in [0.2, 0.25) is 0 Å². The van der Waals surface area contributed by atoms with E-state index in [9.17, 15) is 4.79 Å². The lowest BCUT2D eigenvalue weighted by Gasteiger charge is -2.17. The van der Waals surface area contributed by atoms with Crippen LogP contribution in [0.3, 0.4) is 0 Å². The maximum atomic E-state index is 11.8. The van der Waals surface area contributed by atoms with E-state index in [1.165, 1.54) is 0 Å². The van der Waals surface area contributed by atoms with E-state index in [1.807, 2.05) is 24.3 Å². The first-order chi connectivity index (χ1) is 8.19. The number of nitrogens with zero attached hydrogens (tertiary/aromatic N) is 1. The number of nitrogens with one attached hydrogen (secondary N) is 1. The molecule has 1 aromatic rings. The van der Waals surface area contributed by atoms with Gasteiger partial charge in [0.2, 0.25) is 5.91 Å². The number of anilines is 1. The molecule has 1 rings (SSSR count). The SMILES string of the molecule is C=CCNCC(=O)N(C)c1ccc(OC)cc1. The van der Waals surface area contributed by atoms with Crippen molar-refractivity contribution in [2.75, 3.05) is 32.1 Å². The lowest BCUT2D eigenvalue weighted by molar-refractivity contribution is -0.117. The molecule has 4 nitrogen and oxygen atoms in total. The highest BCUT2D eigenvalue weighted by Gasteiger charge is 2.09. The van der Waals surface area contributed by atoms with Gasteiger partial charge in [-0.3, -0.25) is 4.79 Å². The molecule has 0 spiro atoms. The van der Waals surface area contributed by atoms with Gasteiger partial charge in [0.05, 0.1) is 13.7 Å². The Labute approximate surface area is 102 Å². The van der Waals surface area contributed by atoms with E-state index >= 15 is 0 Å². The Bertz CT molecular complexity index is 374. The maximum Gasteiger partial charge on any atom is 0.240 e. The Balaban J connectivity index is 2.58. The highest BCUT2D eigenvalue weighted by Crippen LogP contribution is 2.17. The number of methoxy groups -OCH3 is 1. The molecular formula is C13H18N2O2. The Morgan fingerprint density at radius 2 is 2.12 bits per heavy atom. The van der Waals surface area contributed by atoms with E-state index in [-0.39, 0.29) is 5.91 Å². The van der Waals surface area contributed by atoms with Gasteiger partial charge >= 0.3 is 0 Å². The zero-order chi connectivity index (χ0) is 12.7. The van der Waals surface area contributed by atoms with Gasteiger partial charge in [-0.05, 0) is 24.3 Å². The molecule has 0 saturated carbocycles. The lowest BCUT2D eigenvalue weighted by atomic mass is 10.3. The smallest absolute Gasteiger partial charge is 0.240 e. The minimum absolute atomic E-state index is 0.0111. The second-order valence-corrected chi connectivity index (χ2v) is 3.57. The molecule has 92 valence electrons. The molecule has 0 fully saturated rings. The number of carbonyl (C=O) groups excluding carboxylic acids is 1. The zero-order valence-corrected chi connectivity index (χ0v) is 10.3. The van der Waals surface area contributed by atoms with Crippen LogP contribution in [0, 0.1) is 0 Å². The average molecular weight is 234 g/mol. The summed E-state index contributed by atoms with van der Waals surface area (Å²) in [6.07, 6.45) is 1.72. The molecule has 0 heterocycles. The van der Waals surface area contributed by atoms with Crippen molar-refractivity contribution >= 4 is 11.6 Å². The van der Waals surface area contributed by atoms with Gasteiger partial charge in [-0.2, -0.15) is 0 Å². The van der Waals surface area contributed by atoms with Crippen molar-refractivity contribution in [3.05, 3.63) is 36.9 Å². The van der Waals surface area contributed by atoms with E-state index < -0.39 is 0 Å². The molecule has 0 aliphatic rings. The number of hydrogen-bond donors (Lipinski definition) is 1. The van der Waals surface area contributed by atoms with Crippen molar-refractivity contribution in [2.45, 2.75) is 0 Å². The van der Waals surface area contributed by atoms with Crippen molar-refractivity contribution in [1.29, 1.82) is 0 Å². The number of hydrogen-bond acceptors (Lipinski definition) is 3. The van der Waals surface area contributed by atoms with Gasteiger partial charge in [0.15, 0.2) is 0 Å². The summed E-state index contributed by atoms with van der Waals surface area (Å²) in [5.74, 6) is 0.788. The number of rotatable bonds is 6. The molecule has 1 N–H and O–H groups in total. The van der Waals surface area contributed by atoms with Gasteiger partial charge in [0.25, 0.3) is 0 Å². The summed E-state index contributed by atoms with van der Waals surface area (Å²) in [5.41, 5.74) is 0.844. The third-order valence-electron chi connectivity index (χ3n) is 2.40. The molecular weight excluding hydrogens is 216 g/mol. The van der Waals surface area contributed by atoms with Crippen LogP contribution in [0.5, 0.6) is 5.75 Å². The van der Waals surface area contributed by atoms with E-state index in [2.05, 4.69) is 11.9 Å². The molecule has 0 aromatic heterocycles. The number of likely N-dealkylation sites (N-methyl/N-ethyl adjacent to an activating group) is 1. The number of benzene rings is 1. The number of amides is 1. The quantitative estimate of drug-likeness (QED) is 0.598. The van der Waals surface area contributed by atoms with Crippen molar-refractivity contribution in [1.82, 2.24) is 5.32 Å². The summed E-state index contributed by atoms with van der Waals surface area (Å²) in [6.45, 7) is 4.51. The van der Waals surface area contributed by atoms with Crippen LogP contribution in [0.4, 0.5) is 5.69 Å². The first-order valence-electron chi connectivity index (χ1n) is 5.41. The van der Waals surface area contributed by atoms with Crippen LogP contribution >= 0.6 is 0 Å². The summed E-state index contributed by atoms with van der Waals surface area (Å²) < 4.78 is 5.06. The number of ether oxygens (including phenoxy) is 1. The van der Waals surface area contributed by atoms with Crippen LogP contribution in [-0.2, 0) is 4.79 Å². The Morgan fingerprint density at radius 3 is 2.65 bits per heavy atom. The predicted molar refractivity (Wildman–Crippen MR) is 69.5 cm³/mol. The molecule has 1 amide bonds. The zero-order valence-electron chi connectivity index (χ0n) is 10.3. The molecule has 0 aliphatic heterocycles. The van der Waals surface area contributed by atoms with Gasteiger partial charge < -0.3 is 15.0 Å². The largest absolute Gasteiger partial charge is 0.497 e. The van der Waals surface area contributed by atoms with E-state index in [1.54, 1.807) is 25.1 Å². The first-order valence-corrected chi connectivity index (χ1v) is 5.41. The summed E-state index contributed by atoms with van der Waals surface area (Å²) in [7, 11) is 3.36. The molecule has 17 heavy (non-hydrogen) atoms. The third kappa shape index (κ3) is 3.92. The fraction of sp³-hybridized carbons (Fsp3) is 0.308. The number of carbonyl (C=O) groups is 1. The second kappa shape index (κ2) is 6.70. The van der Waals surface area contributed by atoms with E-state index in [0.717, 1.165) is 11.4 Å². The molecule has 0 radical (unpaired) electrons. The first kappa shape index (κ1) is 13.3. The summed E-state index contributed by atoms with van der Waals surface area (Å²) in [6, 6.07) is 7.36. The standard InChI is InChI=1S/C13H18N2O2/c1-4-9-14-10-13(16)15(2)11-5-7-12(17-3)8-6-11/h4-8,14H,1,9-10H2,2-3H3. The van der Waals surface area contributed by atoms with Crippen molar-refractivity contribution in [3.63, 3.8) is 0 Å². The maximum absolute atomic E-state index is 11.8. The van der Waals surface area contributed by atoms with Crippen molar-refractivity contribution in [3.8, 4) is 5.75 Å². The second-order valence-electron chi connectivity index (χ2n) is 3.57. The van der Waals surface area contributed by atoms with Crippen LogP contribution in [0.1, 0.15) is 0 Å². The fourth-order valence-corrected chi connectivity index (χ4v) is 1.35. The van der Waals surface area contributed by atoms with Gasteiger partial charge in [0, 0.05) is 19.3 Å². The summed E-state index contributed by atoms with van der Waals surface area (Å²) in [4.78, 5) is 13.4. The van der Waals surface area contributed by atoms with Gasteiger partial charge in [-0.1, -0.05) is 6.08 Å². The molecule has 0 unspecified atom stereocenters. The third-order valence-corrected chi connectivity index (χ3v) is 2.40. The summed E-state index contributed by atoms with van der Waals surface area (Å²) >= 11 is 0. The van der Waals surface area contributed by atoms with E-state index in [0.29, 0.717) is 13.1 Å². The Hall–Kier alpha value is -1.81. The van der Waals surface area contributed by atoms with E-state index in [4.69, 9.17) is 4.74 Å². The van der Waals surface area contributed by atoms with Crippen molar-refractivity contribution < 1.29 is 9.53 Å². The monoisotopic (exact) mass is 234 g/mol. The topological polar surface area (TPSA) is 41.6 Å². The Kier molecular flexibility index (Phi) is 5.23. The summed E-state index contributed by atoms with van der Waals surface area (Å²) in [5, 5.41) is 2.97. The minimum atomic E-state index is 0.0111.